The Balaban J connectivity index is 1.52. The number of benzene rings is 1. The second-order valence-electron chi connectivity index (χ2n) is 8.64. The Labute approximate surface area is 191 Å². The summed E-state index contributed by atoms with van der Waals surface area (Å²) in [7, 11) is -3.50. The van der Waals surface area contributed by atoms with Crippen LogP contribution in [0.2, 0.25) is 0 Å². The van der Waals surface area contributed by atoms with E-state index in [0.29, 0.717) is 18.7 Å². The molecule has 1 unspecified atom stereocenters. The molecule has 32 heavy (non-hydrogen) atoms. The Morgan fingerprint density at radius 2 is 1.59 bits per heavy atom. The maximum absolute atomic E-state index is 12.8. The molecule has 0 radical (unpaired) electrons. The van der Waals surface area contributed by atoms with Crippen molar-refractivity contribution in [1.82, 2.24) is 9.62 Å². The zero-order valence-electron chi connectivity index (χ0n) is 18.8. The van der Waals surface area contributed by atoms with E-state index < -0.39 is 22.1 Å². The predicted octanol–water partition coefficient (Wildman–Crippen LogP) is 3.65. The summed E-state index contributed by atoms with van der Waals surface area (Å²) in [4.78, 5) is 24.6. The summed E-state index contributed by atoms with van der Waals surface area (Å²) in [5, 5.41) is 2.95. The molecule has 1 saturated heterocycles. The van der Waals surface area contributed by atoms with Gasteiger partial charge in [0.1, 0.15) is 0 Å². The van der Waals surface area contributed by atoms with Crippen LogP contribution in [0, 0.1) is 0 Å². The van der Waals surface area contributed by atoms with E-state index >= 15 is 0 Å². The topological polar surface area (TPSA) is 92.8 Å². The van der Waals surface area contributed by atoms with Gasteiger partial charge in [-0.3, -0.25) is 4.79 Å². The highest BCUT2D eigenvalue weighted by atomic mass is 32.2. The highest BCUT2D eigenvalue weighted by Crippen LogP contribution is 2.21. The van der Waals surface area contributed by atoms with Crippen LogP contribution in [-0.2, 0) is 24.3 Å². The van der Waals surface area contributed by atoms with Crippen LogP contribution in [0.15, 0.2) is 35.2 Å². The summed E-state index contributed by atoms with van der Waals surface area (Å²) >= 11 is 0. The van der Waals surface area contributed by atoms with Crippen molar-refractivity contribution < 1.29 is 22.7 Å². The molecule has 2 fully saturated rings. The van der Waals surface area contributed by atoms with Crippen LogP contribution in [0.1, 0.15) is 70.3 Å². The second-order valence-corrected chi connectivity index (χ2v) is 10.6. The number of carbonyl (C=O) groups is 2. The van der Waals surface area contributed by atoms with Gasteiger partial charge in [0.15, 0.2) is 6.10 Å². The highest BCUT2D eigenvalue weighted by Gasteiger charge is 2.25. The van der Waals surface area contributed by atoms with Gasteiger partial charge in [-0.25, -0.2) is 13.2 Å². The molecule has 1 aliphatic heterocycles. The third-order valence-electron chi connectivity index (χ3n) is 6.11. The average Bonchev–Trinajstić information content (AvgIpc) is 3.09. The molecule has 1 saturated carbocycles. The third kappa shape index (κ3) is 6.90. The zero-order chi connectivity index (χ0) is 23.0. The van der Waals surface area contributed by atoms with E-state index in [2.05, 4.69) is 5.32 Å². The van der Waals surface area contributed by atoms with Crippen LogP contribution < -0.4 is 5.32 Å². The summed E-state index contributed by atoms with van der Waals surface area (Å²) in [6.45, 7) is 2.68. The van der Waals surface area contributed by atoms with Crippen molar-refractivity contribution >= 4 is 28.0 Å². The van der Waals surface area contributed by atoms with E-state index in [-0.39, 0.29) is 16.8 Å². The highest BCUT2D eigenvalue weighted by molar-refractivity contribution is 7.89. The molecular weight excluding hydrogens is 428 g/mol. The van der Waals surface area contributed by atoms with Crippen LogP contribution >= 0.6 is 0 Å². The van der Waals surface area contributed by atoms with Gasteiger partial charge in [-0.2, -0.15) is 4.31 Å². The predicted molar refractivity (Wildman–Crippen MR) is 123 cm³/mol. The van der Waals surface area contributed by atoms with Crippen molar-refractivity contribution in [2.24, 2.45) is 0 Å². The van der Waals surface area contributed by atoms with E-state index in [1.165, 1.54) is 12.5 Å². The van der Waals surface area contributed by atoms with Crippen molar-refractivity contribution in [3.8, 4) is 0 Å². The quantitative estimate of drug-likeness (QED) is 0.493. The normalized spacial score (nSPS) is 19.9. The second kappa shape index (κ2) is 11.6. The molecule has 1 aromatic carbocycles. The lowest BCUT2D eigenvalue weighted by atomic mass is 9.95. The number of hydrogen-bond donors (Lipinski definition) is 1. The minimum Gasteiger partial charge on any atom is -0.449 e. The van der Waals surface area contributed by atoms with E-state index in [0.717, 1.165) is 51.4 Å². The number of ether oxygens (including phenoxy) is 1. The third-order valence-corrected chi connectivity index (χ3v) is 8.02. The van der Waals surface area contributed by atoms with E-state index in [9.17, 15) is 18.0 Å². The molecule has 1 aliphatic carbocycles. The van der Waals surface area contributed by atoms with Crippen LogP contribution in [-0.4, -0.2) is 49.8 Å². The number of carbonyl (C=O) groups excluding carboxylic acids is 2. The Morgan fingerprint density at radius 1 is 1.00 bits per heavy atom. The lowest BCUT2D eigenvalue weighted by Crippen LogP contribution is -2.42. The number of sulfonamides is 1. The standard InChI is InChI=1S/C24H34N2O5S/c1-19(24(28)25-21-9-5-4-6-10-21)31-23(27)16-13-20-11-14-22(15-12-20)32(29,30)26-17-7-2-3-8-18-26/h11-16,19,21H,2-10,17-18H2,1H3,(H,25,28)/b16-13+. The summed E-state index contributed by atoms with van der Waals surface area (Å²) < 4.78 is 32.4. The van der Waals surface area contributed by atoms with E-state index in [1.807, 2.05) is 0 Å². The van der Waals surface area contributed by atoms with Gasteiger partial charge in [0.05, 0.1) is 4.90 Å². The number of esters is 1. The minimum atomic E-state index is -3.50. The summed E-state index contributed by atoms with van der Waals surface area (Å²) in [5.74, 6) is -0.890. The first kappa shape index (κ1) is 24.5. The van der Waals surface area contributed by atoms with Gasteiger partial charge < -0.3 is 10.1 Å². The van der Waals surface area contributed by atoms with Crippen LogP contribution in [0.5, 0.6) is 0 Å². The van der Waals surface area contributed by atoms with Gasteiger partial charge in [-0.15, -0.1) is 0 Å². The molecule has 8 heteroatoms. The first-order valence-electron chi connectivity index (χ1n) is 11.7. The van der Waals surface area contributed by atoms with Crippen molar-refractivity contribution in [3.63, 3.8) is 0 Å². The fourth-order valence-electron chi connectivity index (χ4n) is 4.18. The van der Waals surface area contributed by atoms with Crippen molar-refractivity contribution in [2.45, 2.75) is 81.8 Å². The number of nitrogens with zero attached hydrogens (tertiary/aromatic N) is 1. The van der Waals surface area contributed by atoms with Gasteiger partial charge in [0.25, 0.3) is 5.91 Å². The summed E-state index contributed by atoms with van der Waals surface area (Å²) in [5.41, 5.74) is 0.677. The molecule has 1 heterocycles. The molecule has 1 aromatic rings. The first-order valence-corrected chi connectivity index (χ1v) is 13.1. The fourth-order valence-corrected chi connectivity index (χ4v) is 5.70. The lowest BCUT2D eigenvalue weighted by Gasteiger charge is -2.24. The Hall–Kier alpha value is -2.19. The van der Waals surface area contributed by atoms with Gasteiger partial charge >= 0.3 is 5.97 Å². The van der Waals surface area contributed by atoms with Gasteiger partial charge in [-0.1, -0.05) is 44.2 Å². The van der Waals surface area contributed by atoms with E-state index in [4.69, 9.17) is 4.74 Å². The first-order chi connectivity index (χ1) is 15.4. The molecule has 7 nitrogen and oxygen atoms in total. The Kier molecular flexibility index (Phi) is 8.87. The van der Waals surface area contributed by atoms with Gasteiger partial charge in [0, 0.05) is 25.2 Å². The molecule has 1 atom stereocenters. The minimum absolute atomic E-state index is 0.164. The van der Waals surface area contributed by atoms with E-state index in [1.54, 1.807) is 41.6 Å². The van der Waals surface area contributed by atoms with Crippen molar-refractivity contribution in [1.29, 1.82) is 0 Å². The molecule has 0 aromatic heterocycles. The average molecular weight is 463 g/mol. The molecule has 176 valence electrons. The molecule has 0 spiro atoms. The summed E-state index contributed by atoms with van der Waals surface area (Å²) in [6.07, 6.45) is 11.2. The molecule has 1 amide bonds. The molecule has 2 aliphatic rings. The Bertz CT molecular complexity index is 897. The van der Waals surface area contributed by atoms with Crippen LogP contribution in [0.4, 0.5) is 0 Å². The van der Waals surface area contributed by atoms with Gasteiger partial charge in [-0.05, 0) is 56.4 Å². The summed E-state index contributed by atoms with van der Waals surface area (Å²) in [6, 6.07) is 6.61. The van der Waals surface area contributed by atoms with Crippen molar-refractivity contribution in [3.05, 3.63) is 35.9 Å². The molecule has 1 N–H and O–H groups in total. The molecule has 0 bridgehead atoms. The maximum Gasteiger partial charge on any atom is 0.331 e. The number of hydrogen-bond acceptors (Lipinski definition) is 5. The number of amides is 1. The largest absolute Gasteiger partial charge is 0.449 e. The lowest BCUT2D eigenvalue weighted by molar-refractivity contribution is -0.150. The molecular formula is C24H34N2O5S. The van der Waals surface area contributed by atoms with Gasteiger partial charge in [0.2, 0.25) is 10.0 Å². The number of rotatable bonds is 7. The Morgan fingerprint density at radius 3 is 2.22 bits per heavy atom. The fraction of sp³-hybridized carbons (Fsp3) is 0.583. The maximum atomic E-state index is 12.8. The zero-order valence-corrected chi connectivity index (χ0v) is 19.6. The number of nitrogens with one attached hydrogen (secondary N) is 1. The monoisotopic (exact) mass is 462 g/mol. The smallest absolute Gasteiger partial charge is 0.331 e. The SMILES string of the molecule is CC(OC(=O)/C=C/c1ccc(S(=O)(=O)N2CCCCCC2)cc1)C(=O)NC1CCCCC1. The van der Waals surface area contributed by atoms with Crippen LogP contribution in [0.3, 0.4) is 0 Å². The van der Waals surface area contributed by atoms with Crippen molar-refractivity contribution in [2.75, 3.05) is 13.1 Å². The molecule has 3 rings (SSSR count). The van der Waals surface area contributed by atoms with Crippen LogP contribution in [0.25, 0.3) is 6.08 Å².